The molecule has 0 rings (SSSR count). The molecule has 0 fully saturated rings. The Morgan fingerprint density at radius 1 is 0.697 bits per heavy atom. The summed E-state index contributed by atoms with van der Waals surface area (Å²) < 4.78 is 5.52. The van der Waals surface area contributed by atoms with Crippen molar-refractivity contribution in [1.82, 2.24) is 0 Å². The van der Waals surface area contributed by atoms with Crippen LogP contribution in [0.15, 0.2) is 12.2 Å². The second-order valence-corrected chi connectivity index (χ2v) is 9.28. The summed E-state index contributed by atoms with van der Waals surface area (Å²) in [7, 11) is 0. The first-order valence-corrected chi connectivity index (χ1v) is 14.0. The maximum absolute atomic E-state index is 12.1. The average Bonchev–Trinajstić information content (AvgIpc) is 2.82. The molecule has 3 heteroatoms. The molecule has 0 aromatic heterocycles. The number of carbonyl (C=O) groups excluding carboxylic acids is 2. The third-order valence-electron chi connectivity index (χ3n) is 6.04. The van der Waals surface area contributed by atoms with Gasteiger partial charge in [-0.15, -0.1) is 0 Å². The Labute approximate surface area is 205 Å². The first kappa shape index (κ1) is 31.4. The molecule has 0 aromatic rings. The molecule has 190 valence electrons. The van der Waals surface area contributed by atoms with Crippen molar-refractivity contribution in [3.63, 3.8) is 0 Å². The minimum atomic E-state index is -0.433. The lowest BCUT2D eigenvalue weighted by Gasteiger charge is -2.12. The highest BCUT2D eigenvalue weighted by Crippen LogP contribution is 2.13. The molecule has 1 unspecified atom stereocenters. The lowest BCUT2D eigenvalue weighted by Crippen LogP contribution is -2.16. The van der Waals surface area contributed by atoms with Crippen molar-refractivity contribution >= 4 is 12.3 Å². The van der Waals surface area contributed by atoms with Gasteiger partial charge >= 0.3 is 5.97 Å². The molecule has 0 aliphatic carbocycles. The van der Waals surface area contributed by atoms with Gasteiger partial charge in [-0.2, -0.15) is 0 Å². The van der Waals surface area contributed by atoms with E-state index in [2.05, 4.69) is 37.8 Å². The summed E-state index contributed by atoms with van der Waals surface area (Å²) in [6.45, 7) is 4.47. The van der Waals surface area contributed by atoms with Gasteiger partial charge in [0, 0.05) is 6.42 Å². The molecule has 0 aromatic carbocycles. The van der Waals surface area contributed by atoms with Gasteiger partial charge in [0.2, 0.25) is 0 Å². The molecule has 33 heavy (non-hydrogen) atoms. The van der Waals surface area contributed by atoms with Crippen molar-refractivity contribution in [3.8, 4) is 11.8 Å². The van der Waals surface area contributed by atoms with Crippen LogP contribution in [0.4, 0.5) is 0 Å². The fourth-order valence-corrected chi connectivity index (χ4v) is 3.96. The normalized spacial score (nSPS) is 11.8. The lowest BCUT2D eigenvalue weighted by molar-refractivity contribution is -0.146. The summed E-state index contributed by atoms with van der Waals surface area (Å²) in [5.41, 5.74) is 0. The summed E-state index contributed by atoms with van der Waals surface area (Å²) in [6.07, 6.45) is 29.3. The highest BCUT2D eigenvalue weighted by Gasteiger charge is 2.11. The van der Waals surface area contributed by atoms with Crippen LogP contribution < -0.4 is 0 Å². The van der Waals surface area contributed by atoms with E-state index in [0.29, 0.717) is 12.7 Å². The average molecular weight is 461 g/mol. The van der Waals surface area contributed by atoms with E-state index < -0.39 is 6.10 Å². The van der Waals surface area contributed by atoms with Gasteiger partial charge in [-0.25, -0.2) is 0 Å². The summed E-state index contributed by atoms with van der Waals surface area (Å²) in [6, 6.07) is 0. The minimum absolute atomic E-state index is 0.177. The standard InChI is InChI=1S/C30H52O3/c1-3-5-7-9-11-12-13-14-15-16-17-18-19-21-23-27-30(32)33-29(26-24-28-31)25-22-20-10-8-6-4-2/h14-15,28-29H,3-13,16-23,25,27H2,1-2H3/b15-14-. The van der Waals surface area contributed by atoms with E-state index in [4.69, 9.17) is 4.74 Å². The fraction of sp³-hybridized carbons (Fsp3) is 0.800. The first-order chi connectivity index (χ1) is 16.2. The van der Waals surface area contributed by atoms with E-state index in [1.54, 1.807) is 0 Å². The van der Waals surface area contributed by atoms with Gasteiger partial charge < -0.3 is 4.74 Å². The monoisotopic (exact) mass is 460 g/mol. The fourth-order valence-electron chi connectivity index (χ4n) is 3.96. The Morgan fingerprint density at radius 2 is 1.18 bits per heavy atom. The molecule has 0 amide bonds. The SMILES string of the molecule is CCCCCCCC/C=C\CCCCCCCC(=O)OC(C#CC=O)CCCCCCCC. The molecule has 0 radical (unpaired) electrons. The maximum atomic E-state index is 12.1. The second-order valence-electron chi connectivity index (χ2n) is 9.28. The summed E-state index contributed by atoms with van der Waals surface area (Å²) >= 11 is 0. The topological polar surface area (TPSA) is 43.4 Å². The zero-order chi connectivity index (χ0) is 24.2. The van der Waals surface area contributed by atoms with Crippen molar-refractivity contribution in [1.29, 1.82) is 0 Å². The van der Waals surface area contributed by atoms with E-state index in [1.165, 1.54) is 96.3 Å². The van der Waals surface area contributed by atoms with Crippen LogP contribution in [0.3, 0.4) is 0 Å². The Morgan fingerprint density at radius 3 is 1.73 bits per heavy atom. The Kier molecular flexibility index (Phi) is 25.4. The zero-order valence-electron chi connectivity index (χ0n) is 21.9. The number of hydrogen-bond acceptors (Lipinski definition) is 3. The molecular weight excluding hydrogens is 408 g/mol. The van der Waals surface area contributed by atoms with Crippen LogP contribution in [-0.2, 0) is 14.3 Å². The number of hydrogen-bond donors (Lipinski definition) is 0. The van der Waals surface area contributed by atoms with Crippen molar-refractivity contribution in [2.75, 3.05) is 0 Å². The van der Waals surface area contributed by atoms with Crippen molar-refractivity contribution in [3.05, 3.63) is 12.2 Å². The van der Waals surface area contributed by atoms with Gasteiger partial charge in [0.1, 0.15) is 0 Å². The Hall–Kier alpha value is -1.56. The molecule has 0 bridgehead atoms. The molecule has 0 aliphatic heterocycles. The highest BCUT2D eigenvalue weighted by molar-refractivity contribution is 5.73. The predicted molar refractivity (Wildman–Crippen MR) is 141 cm³/mol. The van der Waals surface area contributed by atoms with E-state index in [-0.39, 0.29) is 5.97 Å². The van der Waals surface area contributed by atoms with E-state index in [9.17, 15) is 9.59 Å². The van der Waals surface area contributed by atoms with Crippen molar-refractivity contribution in [2.24, 2.45) is 0 Å². The van der Waals surface area contributed by atoms with Gasteiger partial charge in [-0.3, -0.25) is 9.59 Å². The smallest absolute Gasteiger partial charge is 0.307 e. The van der Waals surface area contributed by atoms with E-state index in [0.717, 1.165) is 32.1 Å². The van der Waals surface area contributed by atoms with Crippen molar-refractivity contribution in [2.45, 2.75) is 155 Å². The van der Waals surface area contributed by atoms with Crippen LogP contribution in [0, 0.1) is 11.8 Å². The summed E-state index contributed by atoms with van der Waals surface area (Å²) in [5.74, 6) is 5.04. The van der Waals surface area contributed by atoms with Crippen LogP contribution >= 0.6 is 0 Å². The Balaban J connectivity index is 3.68. The molecule has 0 N–H and O–H groups in total. The van der Waals surface area contributed by atoms with E-state index >= 15 is 0 Å². The van der Waals surface area contributed by atoms with E-state index in [1.807, 2.05) is 0 Å². The maximum Gasteiger partial charge on any atom is 0.307 e. The predicted octanol–water partition coefficient (Wildman–Crippen LogP) is 8.89. The van der Waals surface area contributed by atoms with Crippen LogP contribution in [-0.4, -0.2) is 18.4 Å². The van der Waals surface area contributed by atoms with Crippen LogP contribution in [0.2, 0.25) is 0 Å². The molecule has 0 saturated carbocycles. The molecule has 1 atom stereocenters. The molecule has 0 spiro atoms. The molecule has 3 nitrogen and oxygen atoms in total. The summed E-state index contributed by atoms with van der Waals surface area (Å²) in [5, 5.41) is 0. The van der Waals surface area contributed by atoms with Gasteiger partial charge in [0.25, 0.3) is 0 Å². The minimum Gasteiger partial charge on any atom is -0.449 e. The van der Waals surface area contributed by atoms with Crippen LogP contribution in [0.25, 0.3) is 0 Å². The van der Waals surface area contributed by atoms with Gasteiger partial charge in [0.05, 0.1) is 0 Å². The summed E-state index contributed by atoms with van der Waals surface area (Å²) in [4.78, 5) is 22.7. The number of rotatable bonds is 23. The molecular formula is C30H52O3. The first-order valence-electron chi connectivity index (χ1n) is 14.0. The number of unbranched alkanes of at least 4 members (excludes halogenated alkanes) is 16. The number of carbonyl (C=O) groups is 2. The number of aldehydes is 1. The molecule has 0 saturated heterocycles. The Bertz CT molecular complexity index is 526. The third kappa shape index (κ3) is 24.9. The van der Waals surface area contributed by atoms with Gasteiger partial charge in [-0.1, -0.05) is 115 Å². The third-order valence-corrected chi connectivity index (χ3v) is 6.04. The number of allylic oxidation sites excluding steroid dienone is 2. The lowest BCUT2D eigenvalue weighted by atomic mass is 10.1. The number of ether oxygens (including phenoxy) is 1. The quantitative estimate of drug-likeness (QED) is 0.0502. The van der Waals surface area contributed by atoms with Crippen LogP contribution in [0.5, 0.6) is 0 Å². The van der Waals surface area contributed by atoms with Crippen molar-refractivity contribution < 1.29 is 14.3 Å². The highest BCUT2D eigenvalue weighted by atomic mass is 16.5. The largest absolute Gasteiger partial charge is 0.449 e. The molecule has 0 aliphatic rings. The molecule has 0 heterocycles. The second kappa shape index (κ2) is 26.7. The zero-order valence-corrected chi connectivity index (χ0v) is 21.9. The number of esters is 1. The van der Waals surface area contributed by atoms with Gasteiger partial charge in [0.15, 0.2) is 12.4 Å². The van der Waals surface area contributed by atoms with Gasteiger partial charge in [-0.05, 0) is 50.9 Å². The van der Waals surface area contributed by atoms with Crippen LogP contribution in [0.1, 0.15) is 149 Å².